The van der Waals surface area contributed by atoms with E-state index in [2.05, 4.69) is 0 Å². The molecule has 0 aliphatic rings. The first-order valence-electron chi connectivity index (χ1n) is 5.70. The fourth-order valence-electron chi connectivity index (χ4n) is 1.92. The van der Waals surface area contributed by atoms with Crippen molar-refractivity contribution >= 4 is 5.97 Å². The van der Waals surface area contributed by atoms with Gasteiger partial charge in [0.25, 0.3) is 0 Å². The largest absolute Gasteiger partial charge is 0.478 e. The predicted octanol–water partition coefficient (Wildman–Crippen LogP) is 3.95. The van der Waals surface area contributed by atoms with Gasteiger partial charge in [-0.15, -0.1) is 0 Å². The van der Waals surface area contributed by atoms with Gasteiger partial charge in [0.15, 0.2) is 0 Å². The zero-order valence-corrected chi connectivity index (χ0v) is 10.5. The summed E-state index contributed by atoms with van der Waals surface area (Å²) in [5.41, 5.74) is 0.955. The van der Waals surface area contributed by atoms with E-state index in [1.165, 1.54) is 25.1 Å². The van der Waals surface area contributed by atoms with Gasteiger partial charge in [0.2, 0.25) is 0 Å². The number of carboxylic acids is 1. The van der Waals surface area contributed by atoms with E-state index < -0.39 is 17.6 Å². The van der Waals surface area contributed by atoms with Crippen molar-refractivity contribution in [1.29, 1.82) is 0 Å². The maximum absolute atomic E-state index is 13.9. The average Bonchev–Trinajstić information content (AvgIpc) is 2.32. The van der Waals surface area contributed by atoms with Crippen LogP contribution in [0.3, 0.4) is 0 Å². The van der Waals surface area contributed by atoms with E-state index in [-0.39, 0.29) is 22.3 Å². The fraction of sp³-hybridized carbons (Fsp3) is 0.133. The van der Waals surface area contributed by atoms with Gasteiger partial charge in [-0.05, 0) is 43.2 Å². The van der Waals surface area contributed by atoms with Crippen LogP contribution >= 0.6 is 0 Å². The Morgan fingerprint density at radius 2 is 1.68 bits per heavy atom. The lowest BCUT2D eigenvalue weighted by atomic mass is 9.96. The standard InChI is InChI=1S/C15H12F2O2/c1-8-3-4-10(14(17)5-8)11-7-13(16)9(2)6-12(11)15(18)19/h3-7H,1-2H3,(H,18,19). The summed E-state index contributed by atoms with van der Waals surface area (Å²) >= 11 is 0. The van der Waals surface area contributed by atoms with Gasteiger partial charge in [0.05, 0.1) is 5.56 Å². The summed E-state index contributed by atoms with van der Waals surface area (Å²) in [6.07, 6.45) is 0. The maximum atomic E-state index is 13.9. The number of aromatic carboxylic acids is 1. The number of aryl methyl sites for hydroxylation is 2. The van der Waals surface area contributed by atoms with Crippen molar-refractivity contribution in [2.45, 2.75) is 13.8 Å². The molecule has 0 bridgehead atoms. The van der Waals surface area contributed by atoms with Gasteiger partial charge in [-0.25, -0.2) is 13.6 Å². The summed E-state index contributed by atoms with van der Waals surface area (Å²) in [6.45, 7) is 3.19. The van der Waals surface area contributed by atoms with E-state index in [1.54, 1.807) is 13.0 Å². The summed E-state index contributed by atoms with van der Waals surface area (Å²) < 4.78 is 27.5. The minimum absolute atomic E-state index is 0.0492. The van der Waals surface area contributed by atoms with Crippen LogP contribution in [-0.2, 0) is 0 Å². The van der Waals surface area contributed by atoms with Crippen LogP contribution in [0.15, 0.2) is 30.3 Å². The molecule has 0 amide bonds. The molecule has 2 aromatic rings. The number of halogens is 2. The summed E-state index contributed by atoms with van der Waals surface area (Å²) in [4.78, 5) is 11.2. The van der Waals surface area contributed by atoms with Crippen LogP contribution in [0.25, 0.3) is 11.1 Å². The number of rotatable bonds is 2. The van der Waals surface area contributed by atoms with Crippen LogP contribution in [0, 0.1) is 25.5 Å². The summed E-state index contributed by atoms with van der Waals surface area (Å²) in [7, 11) is 0. The van der Waals surface area contributed by atoms with Gasteiger partial charge in [-0.3, -0.25) is 0 Å². The topological polar surface area (TPSA) is 37.3 Å². The Bertz CT molecular complexity index is 663. The minimum atomic E-state index is -1.21. The van der Waals surface area contributed by atoms with Crippen molar-refractivity contribution in [3.05, 3.63) is 58.7 Å². The third-order valence-electron chi connectivity index (χ3n) is 2.94. The number of carboxylic acid groups (broad SMARTS) is 1. The highest BCUT2D eigenvalue weighted by Gasteiger charge is 2.17. The smallest absolute Gasteiger partial charge is 0.336 e. The Morgan fingerprint density at radius 3 is 2.26 bits per heavy atom. The number of carbonyl (C=O) groups is 1. The van der Waals surface area contributed by atoms with Crippen LogP contribution < -0.4 is 0 Å². The van der Waals surface area contributed by atoms with Gasteiger partial charge < -0.3 is 5.11 Å². The lowest BCUT2D eigenvalue weighted by molar-refractivity contribution is 0.0697. The fourth-order valence-corrected chi connectivity index (χ4v) is 1.92. The van der Waals surface area contributed by atoms with Crippen molar-refractivity contribution < 1.29 is 18.7 Å². The molecule has 2 nitrogen and oxygen atoms in total. The van der Waals surface area contributed by atoms with Crippen molar-refractivity contribution in [2.24, 2.45) is 0 Å². The maximum Gasteiger partial charge on any atom is 0.336 e. The molecule has 0 aromatic heterocycles. The highest BCUT2D eigenvalue weighted by atomic mass is 19.1. The summed E-state index contributed by atoms with van der Waals surface area (Å²) in [5, 5.41) is 9.14. The molecular formula is C15H12F2O2. The van der Waals surface area contributed by atoms with Crippen molar-refractivity contribution in [3.63, 3.8) is 0 Å². The van der Waals surface area contributed by atoms with Crippen molar-refractivity contribution in [3.8, 4) is 11.1 Å². The molecule has 0 fully saturated rings. The molecule has 98 valence electrons. The van der Waals surface area contributed by atoms with E-state index in [4.69, 9.17) is 5.11 Å². The van der Waals surface area contributed by atoms with Crippen LogP contribution in [0.5, 0.6) is 0 Å². The lowest BCUT2D eigenvalue weighted by Gasteiger charge is -2.10. The van der Waals surface area contributed by atoms with E-state index in [0.717, 1.165) is 6.07 Å². The Balaban J connectivity index is 2.73. The van der Waals surface area contributed by atoms with Crippen LogP contribution in [0.2, 0.25) is 0 Å². The summed E-state index contributed by atoms with van der Waals surface area (Å²) in [6, 6.07) is 6.68. The third kappa shape index (κ3) is 2.47. The monoisotopic (exact) mass is 262 g/mol. The van der Waals surface area contributed by atoms with Gasteiger partial charge in [0.1, 0.15) is 11.6 Å². The number of hydrogen-bond acceptors (Lipinski definition) is 1. The Kier molecular flexibility index (Phi) is 3.34. The van der Waals surface area contributed by atoms with E-state index >= 15 is 0 Å². The molecule has 0 spiro atoms. The molecular weight excluding hydrogens is 250 g/mol. The molecule has 0 heterocycles. The zero-order valence-electron chi connectivity index (χ0n) is 10.5. The highest BCUT2D eigenvalue weighted by Crippen LogP contribution is 2.29. The second-order valence-electron chi connectivity index (χ2n) is 4.44. The molecule has 2 rings (SSSR count). The molecule has 0 aliphatic heterocycles. The van der Waals surface area contributed by atoms with E-state index in [1.807, 2.05) is 0 Å². The van der Waals surface area contributed by atoms with Gasteiger partial charge >= 0.3 is 5.97 Å². The normalized spacial score (nSPS) is 10.5. The Labute approximate surface area is 109 Å². The Hall–Kier alpha value is -2.23. The molecule has 0 saturated heterocycles. The number of benzene rings is 2. The molecule has 0 aliphatic carbocycles. The SMILES string of the molecule is Cc1ccc(-c2cc(F)c(C)cc2C(=O)O)c(F)c1. The first-order valence-corrected chi connectivity index (χ1v) is 5.70. The Morgan fingerprint density at radius 1 is 1.00 bits per heavy atom. The second-order valence-corrected chi connectivity index (χ2v) is 4.44. The first kappa shape index (κ1) is 13.2. The molecule has 0 saturated carbocycles. The van der Waals surface area contributed by atoms with Crippen LogP contribution in [-0.4, -0.2) is 11.1 Å². The number of hydrogen-bond donors (Lipinski definition) is 1. The van der Waals surface area contributed by atoms with Crippen molar-refractivity contribution in [1.82, 2.24) is 0 Å². The second kappa shape index (κ2) is 4.80. The third-order valence-corrected chi connectivity index (χ3v) is 2.94. The predicted molar refractivity (Wildman–Crippen MR) is 68.2 cm³/mol. The van der Waals surface area contributed by atoms with Crippen LogP contribution in [0.1, 0.15) is 21.5 Å². The highest BCUT2D eigenvalue weighted by molar-refractivity contribution is 5.96. The van der Waals surface area contributed by atoms with E-state index in [0.29, 0.717) is 5.56 Å². The van der Waals surface area contributed by atoms with Gasteiger partial charge in [0, 0.05) is 11.1 Å². The zero-order chi connectivity index (χ0) is 14.2. The van der Waals surface area contributed by atoms with Crippen LogP contribution in [0.4, 0.5) is 8.78 Å². The molecule has 19 heavy (non-hydrogen) atoms. The quantitative estimate of drug-likeness (QED) is 0.889. The lowest BCUT2D eigenvalue weighted by Crippen LogP contribution is -2.03. The minimum Gasteiger partial charge on any atom is -0.478 e. The van der Waals surface area contributed by atoms with Gasteiger partial charge in [-0.2, -0.15) is 0 Å². The first-order chi connectivity index (χ1) is 8.90. The molecule has 0 radical (unpaired) electrons. The molecule has 0 unspecified atom stereocenters. The van der Waals surface area contributed by atoms with Gasteiger partial charge in [-0.1, -0.05) is 12.1 Å². The molecule has 4 heteroatoms. The molecule has 2 aromatic carbocycles. The van der Waals surface area contributed by atoms with E-state index in [9.17, 15) is 13.6 Å². The molecule has 1 N–H and O–H groups in total. The average molecular weight is 262 g/mol. The van der Waals surface area contributed by atoms with Crippen molar-refractivity contribution in [2.75, 3.05) is 0 Å². The summed E-state index contributed by atoms with van der Waals surface area (Å²) in [5.74, 6) is -2.33. The molecule has 0 atom stereocenters.